The molecule has 0 N–H and O–H groups in total. The molecule has 6 nitrogen and oxygen atoms in total. The van der Waals surface area contributed by atoms with Crippen molar-refractivity contribution >= 4 is 10.1 Å². The predicted molar refractivity (Wildman–Crippen MR) is 174 cm³/mol. The van der Waals surface area contributed by atoms with Gasteiger partial charge < -0.3 is 18.5 Å². The van der Waals surface area contributed by atoms with E-state index in [0.717, 1.165) is 42.8 Å². The summed E-state index contributed by atoms with van der Waals surface area (Å²) in [6.07, 6.45) is 20.7. The third kappa shape index (κ3) is 28.7. The summed E-state index contributed by atoms with van der Waals surface area (Å²) in [5.41, 5.74) is 1.42. The minimum absolute atomic E-state index is 0.191. The molecule has 1 aromatic rings. The lowest BCUT2D eigenvalue weighted by atomic mass is 10.0. The largest absolute Gasteiger partial charge is 0.748 e. The molecule has 0 bridgehead atoms. The number of benzene rings is 1. The maximum atomic E-state index is 10.3. The highest BCUT2D eigenvalue weighted by Gasteiger charge is 2.10. The van der Waals surface area contributed by atoms with Crippen LogP contribution in [0.1, 0.15) is 129 Å². The van der Waals surface area contributed by atoms with E-state index in [9.17, 15) is 13.0 Å². The van der Waals surface area contributed by atoms with Crippen LogP contribution in [0.3, 0.4) is 0 Å². The molecule has 0 saturated carbocycles. The molecule has 0 atom stereocenters. The van der Waals surface area contributed by atoms with E-state index in [-0.39, 0.29) is 5.75 Å². The number of hydrogen-bond donors (Lipinski definition) is 0. The molecule has 0 aliphatic rings. The molecule has 0 aromatic heterocycles. The molecule has 1 aromatic carbocycles. The fraction of sp³-hybridized carbons (Fsp3) is 0.824. The van der Waals surface area contributed by atoms with Crippen LogP contribution in [0.15, 0.2) is 24.3 Å². The van der Waals surface area contributed by atoms with Crippen LogP contribution in [-0.2, 0) is 21.3 Å². The Bertz CT molecular complexity index is 796. The SMILES string of the molecule is CCCCCCCCCCCCS(=O)(=O)[O-].CCCCCCCCc1ccc(OCCOCC[N+](C)(C)CC)cc1. The van der Waals surface area contributed by atoms with E-state index >= 15 is 0 Å². The highest BCUT2D eigenvalue weighted by Crippen LogP contribution is 2.15. The molecular formula is C34H65NO5S. The van der Waals surface area contributed by atoms with Gasteiger partial charge in [-0.05, 0) is 43.9 Å². The maximum Gasteiger partial charge on any atom is 0.119 e. The Morgan fingerprint density at radius 3 is 1.63 bits per heavy atom. The van der Waals surface area contributed by atoms with Crippen LogP contribution in [0, 0.1) is 0 Å². The first-order valence-corrected chi connectivity index (χ1v) is 18.3. The molecule has 1 rings (SSSR count). The summed E-state index contributed by atoms with van der Waals surface area (Å²) in [4.78, 5) is 0. The number of aryl methyl sites for hydroxylation is 1. The van der Waals surface area contributed by atoms with Gasteiger partial charge >= 0.3 is 0 Å². The minimum Gasteiger partial charge on any atom is -0.748 e. The summed E-state index contributed by atoms with van der Waals surface area (Å²) in [5, 5.41) is 0. The van der Waals surface area contributed by atoms with Gasteiger partial charge in [-0.15, -0.1) is 0 Å². The molecule has 0 unspecified atom stereocenters. The third-order valence-corrected chi connectivity index (χ3v) is 8.47. The Kier molecular flexibility index (Phi) is 25.7. The van der Waals surface area contributed by atoms with Gasteiger partial charge in [0.1, 0.15) is 18.9 Å². The molecule has 0 amide bonds. The predicted octanol–water partition coefficient (Wildman–Crippen LogP) is 8.53. The lowest BCUT2D eigenvalue weighted by Crippen LogP contribution is -2.42. The Hall–Kier alpha value is -1.15. The third-order valence-electron chi connectivity index (χ3n) is 7.68. The van der Waals surface area contributed by atoms with Gasteiger partial charge in [0.25, 0.3) is 0 Å². The Morgan fingerprint density at radius 2 is 1.15 bits per heavy atom. The molecule has 0 saturated heterocycles. The molecule has 7 heteroatoms. The van der Waals surface area contributed by atoms with Gasteiger partial charge in [0, 0.05) is 5.75 Å². The maximum absolute atomic E-state index is 10.3. The van der Waals surface area contributed by atoms with Crippen molar-refractivity contribution in [1.82, 2.24) is 0 Å². The van der Waals surface area contributed by atoms with Crippen LogP contribution in [-0.4, -0.2) is 70.2 Å². The number of nitrogens with zero attached hydrogens (tertiary/aromatic N) is 1. The van der Waals surface area contributed by atoms with Gasteiger partial charge in [-0.2, -0.15) is 0 Å². The van der Waals surface area contributed by atoms with Crippen molar-refractivity contribution in [3.05, 3.63) is 29.8 Å². The van der Waals surface area contributed by atoms with E-state index in [1.807, 2.05) is 0 Å². The van der Waals surface area contributed by atoms with Crippen molar-refractivity contribution in [3.63, 3.8) is 0 Å². The van der Waals surface area contributed by atoms with Crippen molar-refractivity contribution in [2.45, 2.75) is 130 Å². The second-order valence-electron chi connectivity index (χ2n) is 12.0. The molecule has 41 heavy (non-hydrogen) atoms. The molecular weight excluding hydrogens is 534 g/mol. The summed E-state index contributed by atoms with van der Waals surface area (Å²) in [6, 6.07) is 8.57. The average Bonchev–Trinajstić information content (AvgIpc) is 2.94. The van der Waals surface area contributed by atoms with Crippen molar-refractivity contribution in [2.75, 3.05) is 52.8 Å². The monoisotopic (exact) mass is 599 g/mol. The van der Waals surface area contributed by atoms with Crippen LogP contribution in [0.2, 0.25) is 0 Å². The second kappa shape index (κ2) is 26.5. The minimum atomic E-state index is -3.98. The van der Waals surface area contributed by atoms with Crippen molar-refractivity contribution in [1.29, 1.82) is 0 Å². The fourth-order valence-electron chi connectivity index (χ4n) is 4.42. The summed E-state index contributed by atoms with van der Waals surface area (Å²) in [5.74, 6) is 0.753. The van der Waals surface area contributed by atoms with E-state index in [1.165, 1.54) is 95.5 Å². The van der Waals surface area contributed by atoms with E-state index in [1.54, 1.807) is 0 Å². The van der Waals surface area contributed by atoms with E-state index in [0.29, 0.717) is 19.6 Å². The molecule has 0 radical (unpaired) electrons. The molecule has 242 valence electrons. The zero-order chi connectivity index (χ0) is 30.7. The first-order valence-electron chi connectivity index (χ1n) is 16.7. The standard InChI is InChI=1S/C22H40NO2.C12H26O3S/c1-5-7-8-9-10-11-12-21-13-15-22(16-14-21)25-20-19-24-18-17-23(3,4)6-2;1-2-3-4-5-6-7-8-9-10-11-12-16(13,14)15/h13-16H,5-12,17-20H2,1-4H3;2-12H2,1H3,(H,13,14,15)/q+1;/p-1. The normalized spacial score (nSPS) is 11.8. The van der Waals surface area contributed by atoms with E-state index in [4.69, 9.17) is 9.47 Å². The van der Waals surface area contributed by atoms with Crippen LogP contribution in [0.4, 0.5) is 0 Å². The van der Waals surface area contributed by atoms with Gasteiger partial charge in [0.15, 0.2) is 0 Å². The second-order valence-corrected chi connectivity index (χ2v) is 13.6. The smallest absolute Gasteiger partial charge is 0.119 e. The fourth-order valence-corrected chi connectivity index (χ4v) is 4.98. The van der Waals surface area contributed by atoms with Gasteiger partial charge in [-0.25, -0.2) is 8.42 Å². The van der Waals surface area contributed by atoms with Gasteiger partial charge in [0.2, 0.25) is 0 Å². The van der Waals surface area contributed by atoms with Gasteiger partial charge in [0.05, 0.1) is 44.0 Å². The number of unbranched alkanes of at least 4 members (excludes halogenated alkanes) is 14. The lowest BCUT2D eigenvalue weighted by Gasteiger charge is -2.27. The Morgan fingerprint density at radius 1 is 0.659 bits per heavy atom. The van der Waals surface area contributed by atoms with Gasteiger partial charge in [-0.1, -0.05) is 116 Å². The summed E-state index contributed by atoms with van der Waals surface area (Å²) < 4.78 is 43.4. The zero-order valence-electron chi connectivity index (χ0n) is 27.5. The summed E-state index contributed by atoms with van der Waals surface area (Å²) >= 11 is 0. The van der Waals surface area contributed by atoms with E-state index < -0.39 is 10.1 Å². The van der Waals surface area contributed by atoms with Crippen molar-refractivity contribution < 1.29 is 26.9 Å². The summed E-state index contributed by atoms with van der Waals surface area (Å²) in [7, 11) is 0.476. The van der Waals surface area contributed by atoms with Crippen LogP contribution in [0.25, 0.3) is 0 Å². The molecule has 0 spiro atoms. The number of likely N-dealkylation sites (N-methyl/N-ethyl adjacent to an activating group) is 1. The van der Waals surface area contributed by atoms with Crippen molar-refractivity contribution in [3.8, 4) is 5.75 Å². The van der Waals surface area contributed by atoms with Crippen LogP contribution >= 0.6 is 0 Å². The first-order chi connectivity index (χ1) is 19.6. The first kappa shape index (κ1) is 39.8. The van der Waals surface area contributed by atoms with Gasteiger partial charge in [-0.3, -0.25) is 0 Å². The van der Waals surface area contributed by atoms with Crippen molar-refractivity contribution in [2.24, 2.45) is 0 Å². The highest BCUT2D eigenvalue weighted by atomic mass is 32.2. The zero-order valence-corrected chi connectivity index (χ0v) is 28.3. The number of ether oxygens (including phenoxy) is 2. The Labute approximate surface area is 254 Å². The number of quaternary nitrogens is 1. The lowest BCUT2D eigenvalue weighted by molar-refractivity contribution is -0.888. The molecule has 0 heterocycles. The average molecular weight is 600 g/mol. The number of hydrogen-bond acceptors (Lipinski definition) is 5. The van der Waals surface area contributed by atoms with Crippen LogP contribution in [0.5, 0.6) is 5.75 Å². The Balaban J connectivity index is 0.000000865. The number of rotatable bonds is 26. The van der Waals surface area contributed by atoms with E-state index in [2.05, 4.69) is 59.1 Å². The highest BCUT2D eigenvalue weighted by molar-refractivity contribution is 7.85. The van der Waals surface area contributed by atoms with Crippen LogP contribution < -0.4 is 4.74 Å². The molecule has 0 aliphatic heterocycles. The quantitative estimate of drug-likeness (QED) is 0.0606. The molecule has 0 fully saturated rings. The molecule has 0 aliphatic carbocycles. The summed E-state index contributed by atoms with van der Waals surface area (Å²) in [6.45, 7) is 10.9. The topological polar surface area (TPSA) is 75.7 Å².